The van der Waals surface area contributed by atoms with E-state index in [1.807, 2.05) is 0 Å². The standard InChI is InChI=1S/C22H17Cl2F3N4S2.2BrH/c23-17-8-15(3-5-19(17)26)30-21(28)32-10-12-1-2-14(25)7-13(12)11-33-22(29)31-16-4-6-20(27)18(24)9-16;;/h1-9H,10-11H2,(H2,28,30)(H2,29,31);2*1H. The maximum Gasteiger partial charge on any atom is 0.159 e. The van der Waals surface area contributed by atoms with Crippen molar-refractivity contribution in [2.24, 2.45) is 21.5 Å². The number of nitrogens with zero attached hydrogens (tertiary/aromatic N) is 2. The molecule has 0 aromatic heterocycles. The first-order valence-corrected chi connectivity index (χ1v) is 12.1. The van der Waals surface area contributed by atoms with Crippen molar-refractivity contribution in [1.82, 2.24) is 0 Å². The molecule has 188 valence electrons. The van der Waals surface area contributed by atoms with E-state index in [0.29, 0.717) is 28.4 Å². The van der Waals surface area contributed by atoms with Gasteiger partial charge in [-0.3, -0.25) is 0 Å². The van der Waals surface area contributed by atoms with Gasteiger partial charge in [-0.15, -0.1) is 34.0 Å². The normalized spacial score (nSPS) is 11.6. The Bertz CT molecular complexity index is 1230. The molecular formula is C22H19Br2Cl2F3N4S2. The molecule has 3 aromatic carbocycles. The van der Waals surface area contributed by atoms with Gasteiger partial charge in [0.2, 0.25) is 0 Å². The number of hydrogen-bond acceptors (Lipinski definition) is 4. The molecule has 35 heavy (non-hydrogen) atoms. The van der Waals surface area contributed by atoms with Gasteiger partial charge in [0.1, 0.15) is 17.5 Å². The van der Waals surface area contributed by atoms with Crippen LogP contribution in [0.5, 0.6) is 0 Å². The van der Waals surface area contributed by atoms with Crippen LogP contribution in [0.4, 0.5) is 24.5 Å². The van der Waals surface area contributed by atoms with Crippen LogP contribution in [-0.2, 0) is 11.5 Å². The zero-order chi connectivity index (χ0) is 24.0. The Labute approximate surface area is 240 Å². The third kappa shape index (κ3) is 9.89. The molecule has 3 rings (SSSR count). The highest BCUT2D eigenvalue weighted by molar-refractivity contribution is 8.93. The van der Waals surface area contributed by atoms with Crippen LogP contribution in [0, 0.1) is 17.5 Å². The second kappa shape index (κ2) is 15.0. The summed E-state index contributed by atoms with van der Waals surface area (Å²) in [4.78, 5) is 8.40. The second-order valence-electron chi connectivity index (χ2n) is 6.59. The van der Waals surface area contributed by atoms with Gasteiger partial charge in [-0.1, -0.05) is 52.8 Å². The average Bonchev–Trinajstić information content (AvgIpc) is 2.77. The van der Waals surface area contributed by atoms with Gasteiger partial charge in [0.15, 0.2) is 10.3 Å². The summed E-state index contributed by atoms with van der Waals surface area (Å²) < 4.78 is 40.4. The SMILES string of the molecule is Br.Br.NC(=Nc1ccc(F)c(Cl)c1)SCc1ccc(F)cc1CSC(N)=Nc1ccc(F)c(Cl)c1. The number of thioether (sulfide) groups is 2. The molecule has 0 spiro atoms. The molecule has 4 nitrogen and oxygen atoms in total. The van der Waals surface area contributed by atoms with Gasteiger partial charge in [0, 0.05) is 11.5 Å². The van der Waals surface area contributed by atoms with Gasteiger partial charge in [0.05, 0.1) is 21.4 Å². The summed E-state index contributed by atoms with van der Waals surface area (Å²) in [7, 11) is 0. The quantitative estimate of drug-likeness (QED) is 0.202. The number of nitrogens with two attached hydrogens (primary N) is 2. The van der Waals surface area contributed by atoms with Crippen LogP contribution in [0.15, 0.2) is 64.6 Å². The molecule has 0 heterocycles. The van der Waals surface area contributed by atoms with Crippen molar-refractivity contribution < 1.29 is 13.2 Å². The summed E-state index contributed by atoms with van der Waals surface area (Å²) in [5, 5.41) is 0.361. The van der Waals surface area contributed by atoms with Gasteiger partial charge < -0.3 is 11.5 Å². The molecule has 0 atom stereocenters. The van der Waals surface area contributed by atoms with Crippen molar-refractivity contribution in [2.45, 2.75) is 11.5 Å². The predicted octanol–water partition coefficient (Wildman–Crippen LogP) is 8.33. The van der Waals surface area contributed by atoms with Gasteiger partial charge in [-0.05, 0) is 59.7 Å². The van der Waals surface area contributed by atoms with Gasteiger partial charge in [-0.2, -0.15) is 0 Å². The van der Waals surface area contributed by atoms with Crippen molar-refractivity contribution in [3.05, 3.63) is 93.2 Å². The van der Waals surface area contributed by atoms with E-state index in [0.717, 1.165) is 5.56 Å². The summed E-state index contributed by atoms with van der Waals surface area (Å²) >= 11 is 14.0. The van der Waals surface area contributed by atoms with E-state index >= 15 is 0 Å². The molecule has 0 saturated heterocycles. The number of aliphatic imine (C=N–C) groups is 2. The van der Waals surface area contributed by atoms with Gasteiger partial charge in [-0.25, -0.2) is 23.2 Å². The van der Waals surface area contributed by atoms with Gasteiger partial charge >= 0.3 is 0 Å². The second-order valence-corrected chi connectivity index (χ2v) is 9.39. The Morgan fingerprint density at radius 3 is 1.60 bits per heavy atom. The zero-order valence-corrected chi connectivity index (χ0v) is 24.3. The first-order chi connectivity index (χ1) is 15.7. The molecule has 0 aliphatic carbocycles. The first-order valence-electron chi connectivity index (χ1n) is 9.32. The van der Waals surface area contributed by atoms with Crippen LogP contribution >= 0.6 is 80.7 Å². The molecule has 0 aliphatic rings. The Morgan fingerprint density at radius 2 is 1.14 bits per heavy atom. The average molecular weight is 691 g/mol. The monoisotopic (exact) mass is 688 g/mol. The van der Waals surface area contributed by atoms with Crippen LogP contribution < -0.4 is 11.5 Å². The van der Waals surface area contributed by atoms with E-state index < -0.39 is 11.6 Å². The Kier molecular flexibility index (Phi) is 13.6. The summed E-state index contributed by atoms with van der Waals surface area (Å²) in [6.45, 7) is 0. The van der Waals surface area contributed by atoms with E-state index in [-0.39, 0.29) is 60.2 Å². The van der Waals surface area contributed by atoms with E-state index in [9.17, 15) is 13.2 Å². The molecular weight excluding hydrogens is 672 g/mol. The molecule has 0 saturated carbocycles. The molecule has 0 aliphatic heterocycles. The fourth-order valence-corrected chi connectivity index (χ4v) is 4.45. The van der Waals surface area contributed by atoms with Crippen molar-refractivity contribution in [2.75, 3.05) is 0 Å². The number of rotatable bonds is 6. The predicted molar refractivity (Wildman–Crippen MR) is 155 cm³/mol. The lowest BCUT2D eigenvalue weighted by Crippen LogP contribution is -2.08. The van der Waals surface area contributed by atoms with E-state index in [1.165, 1.54) is 72.1 Å². The fourth-order valence-electron chi connectivity index (χ4n) is 2.60. The lowest BCUT2D eigenvalue weighted by Gasteiger charge is -2.10. The molecule has 4 N–H and O–H groups in total. The largest absolute Gasteiger partial charge is 0.378 e. The number of benzene rings is 3. The molecule has 0 amide bonds. The summed E-state index contributed by atoms with van der Waals surface area (Å²) in [6.07, 6.45) is 0. The Morgan fingerprint density at radius 1 is 0.686 bits per heavy atom. The van der Waals surface area contributed by atoms with Crippen LogP contribution in [0.2, 0.25) is 10.0 Å². The molecule has 0 bridgehead atoms. The van der Waals surface area contributed by atoms with Crippen LogP contribution in [-0.4, -0.2) is 10.3 Å². The maximum absolute atomic E-state index is 13.8. The highest BCUT2D eigenvalue weighted by Gasteiger charge is 2.09. The minimum Gasteiger partial charge on any atom is -0.378 e. The Hall–Kier alpha value is -1.37. The topological polar surface area (TPSA) is 76.8 Å². The van der Waals surface area contributed by atoms with Crippen LogP contribution in [0.25, 0.3) is 0 Å². The summed E-state index contributed by atoms with van der Waals surface area (Å²) in [5.41, 5.74) is 14.3. The smallest absolute Gasteiger partial charge is 0.159 e. The molecule has 0 unspecified atom stereocenters. The number of halogens is 7. The maximum atomic E-state index is 13.8. The van der Waals surface area contributed by atoms with Crippen LogP contribution in [0.1, 0.15) is 11.1 Å². The highest BCUT2D eigenvalue weighted by atomic mass is 79.9. The van der Waals surface area contributed by atoms with Crippen molar-refractivity contribution in [1.29, 1.82) is 0 Å². The lowest BCUT2D eigenvalue weighted by atomic mass is 10.1. The third-order valence-electron chi connectivity index (χ3n) is 4.20. The number of hydrogen-bond donors (Lipinski definition) is 2. The number of amidine groups is 2. The van der Waals surface area contributed by atoms with Crippen LogP contribution in [0.3, 0.4) is 0 Å². The van der Waals surface area contributed by atoms with E-state index in [1.54, 1.807) is 6.07 Å². The molecule has 0 fully saturated rings. The van der Waals surface area contributed by atoms with E-state index in [4.69, 9.17) is 34.7 Å². The van der Waals surface area contributed by atoms with E-state index in [2.05, 4.69) is 9.98 Å². The third-order valence-corrected chi connectivity index (χ3v) is 6.47. The summed E-state index contributed by atoms with van der Waals surface area (Å²) in [6, 6.07) is 12.5. The molecule has 3 aromatic rings. The minimum atomic E-state index is -0.547. The van der Waals surface area contributed by atoms with Gasteiger partial charge in [0.25, 0.3) is 0 Å². The highest BCUT2D eigenvalue weighted by Crippen LogP contribution is 2.27. The molecule has 13 heteroatoms. The van der Waals surface area contributed by atoms with Crippen molar-refractivity contribution >= 4 is 102 Å². The minimum absolute atomic E-state index is 0. The molecule has 0 radical (unpaired) electrons. The summed E-state index contributed by atoms with van der Waals surface area (Å²) in [5.74, 6) is -0.703. The fraction of sp³-hybridized carbons (Fsp3) is 0.0909. The Balaban J connectivity index is 0.00000306. The zero-order valence-electron chi connectivity index (χ0n) is 17.7. The van der Waals surface area contributed by atoms with Crippen molar-refractivity contribution in [3.63, 3.8) is 0 Å². The first kappa shape index (κ1) is 31.7. The van der Waals surface area contributed by atoms with Crippen molar-refractivity contribution in [3.8, 4) is 0 Å². The lowest BCUT2D eigenvalue weighted by molar-refractivity contribution is 0.625.